The van der Waals surface area contributed by atoms with Gasteiger partial charge in [0.2, 0.25) is 0 Å². The highest BCUT2D eigenvalue weighted by Gasteiger charge is 2.59. The molecule has 2 aromatic carbocycles. The topological polar surface area (TPSA) is 9.23 Å². The maximum atomic E-state index is 14.0. The van der Waals surface area contributed by atoms with Crippen LogP contribution in [0.2, 0.25) is 0 Å². The molecular weight excluding hydrogens is 365 g/mol. The van der Waals surface area contributed by atoms with Gasteiger partial charge in [0.05, 0.1) is 0 Å². The van der Waals surface area contributed by atoms with E-state index in [9.17, 15) is 30.7 Å². The minimum Gasteiger partial charge on any atom is -0.427 e. The zero-order valence-electron chi connectivity index (χ0n) is 13.6. The number of hydrogen-bond donors (Lipinski definition) is 0. The van der Waals surface area contributed by atoms with Crippen molar-refractivity contribution in [3.8, 4) is 16.9 Å². The normalized spacial score (nSPS) is 13.5. The molecule has 0 spiro atoms. The van der Waals surface area contributed by atoms with E-state index in [0.717, 1.165) is 30.5 Å². The molecule has 2 aromatic rings. The lowest BCUT2D eigenvalue weighted by Gasteiger charge is -2.23. The molecule has 0 bridgehead atoms. The molecule has 0 aromatic heterocycles. The number of hydrogen-bond acceptors (Lipinski definition) is 1. The number of rotatable bonds is 6. The summed E-state index contributed by atoms with van der Waals surface area (Å²) in [6, 6.07) is 9.83. The van der Waals surface area contributed by atoms with Crippen LogP contribution in [0.25, 0.3) is 11.1 Å². The predicted octanol–water partition coefficient (Wildman–Crippen LogP) is 6.32. The highest BCUT2D eigenvalue weighted by Crippen LogP contribution is 2.37. The molecule has 0 radical (unpaired) electrons. The molecule has 0 aliphatic rings. The van der Waals surface area contributed by atoms with E-state index in [1.165, 1.54) is 6.07 Å². The molecule has 0 N–H and O–H groups in total. The number of ether oxygens (including phenoxy) is 1. The van der Waals surface area contributed by atoms with Crippen LogP contribution >= 0.6 is 0 Å². The first kappa shape index (κ1) is 20.1. The van der Waals surface area contributed by atoms with Crippen LogP contribution < -0.4 is 4.74 Å². The van der Waals surface area contributed by atoms with Crippen LogP contribution in [-0.4, -0.2) is 18.5 Å². The quantitative estimate of drug-likeness (QED) is 0.533. The van der Waals surface area contributed by atoms with Gasteiger partial charge in [0, 0.05) is 0 Å². The van der Waals surface area contributed by atoms with E-state index in [4.69, 9.17) is 0 Å². The highest BCUT2D eigenvalue weighted by molar-refractivity contribution is 5.64. The van der Waals surface area contributed by atoms with Gasteiger partial charge in [-0.15, -0.1) is 0 Å². The average Bonchev–Trinajstić information content (AvgIpc) is 2.56. The molecule has 26 heavy (non-hydrogen) atoms. The van der Waals surface area contributed by atoms with Crippen molar-refractivity contribution < 1.29 is 35.5 Å². The van der Waals surface area contributed by atoms with Crippen molar-refractivity contribution in [1.29, 1.82) is 0 Å². The lowest BCUT2D eigenvalue weighted by Crippen LogP contribution is -2.45. The van der Waals surface area contributed by atoms with Gasteiger partial charge >= 0.3 is 12.3 Å². The minimum absolute atomic E-state index is 0.314. The summed E-state index contributed by atoms with van der Waals surface area (Å²) in [7, 11) is 0. The van der Waals surface area contributed by atoms with Crippen LogP contribution in [0, 0.1) is 5.82 Å². The Bertz CT molecular complexity index is 738. The second-order valence-electron chi connectivity index (χ2n) is 5.66. The van der Waals surface area contributed by atoms with Gasteiger partial charge in [-0.3, -0.25) is 0 Å². The standard InChI is InChI=1S/C18H15F7O/c1-2-3-11-4-6-12(7-5-11)13-8-9-15(14(19)10-13)26-18(24,25)16(20)17(21,22)23/h4-10,16H,2-3H2,1H3. The van der Waals surface area contributed by atoms with E-state index >= 15 is 0 Å². The maximum absolute atomic E-state index is 14.0. The van der Waals surface area contributed by atoms with Crippen molar-refractivity contribution in [2.24, 2.45) is 0 Å². The lowest BCUT2D eigenvalue weighted by atomic mass is 10.0. The minimum atomic E-state index is -5.83. The molecule has 0 amide bonds. The van der Waals surface area contributed by atoms with E-state index in [1.54, 1.807) is 12.1 Å². The molecule has 0 saturated carbocycles. The van der Waals surface area contributed by atoms with E-state index in [2.05, 4.69) is 4.74 Å². The molecule has 142 valence electrons. The van der Waals surface area contributed by atoms with E-state index in [1.807, 2.05) is 19.1 Å². The number of benzene rings is 2. The lowest BCUT2D eigenvalue weighted by molar-refractivity contribution is -0.305. The molecular formula is C18H15F7O. The first-order valence-electron chi connectivity index (χ1n) is 7.71. The number of alkyl halides is 6. The summed E-state index contributed by atoms with van der Waals surface area (Å²) in [5.41, 5.74) is 1.96. The van der Waals surface area contributed by atoms with E-state index < -0.39 is 30.0 Å². The average molecular weight is 380 g/mol. The van der Waals surface area contributed by atoms with Crippen LogP contribution in [0.15, 0.2) is 42.5 Å². The molecule has 8 heteroatoms. The van der Waals surface area contributed by atoms with Crippen LogP contribution in [0.4, 0.5) is 30.7 Å². The van der Waals surface area contributed by atoms with Gasteiger partial charge in [0.15, 0.2) is 11.6 Å². The zero-order chi connectivity index (χ0) is 19.5. The SMILES string of the molecule is CCCc1ccc(-c2ccc(OC(F)(F)C(F)C(F)(F)F)c(F)c2)cc1. The van der Waals surface area contributed by atoms with Gasteiger partial charge in [0.1, 0.15) is 0 Å². The van der Waals surface area contributed by atoms with Gasteiger partial charge < -0.3 is 4.74 Å². The molecule has 2 rings (SSSR count). The Morgan fingerprint density at radius 3 is 2.00 bits per heavy atom. The number of aryl methyl sites for hydroxylation is 1. The Morgan fingerprint density at radius 1 is 0.923 bits per heavy atom. The Kier molecular flexibility index (Phi) is 5.83. The second kappa shape index (κ2) is 7.55. The van der Waals surface area contributed by atoms with Gasteiger partial charge in [-0.05, 0) is 35.2 Å². The molecule has 0 fully saturated rings. The van der Waals surface area contributed by atoms with E-state index in [-0.39, 0.29) is 0 Å². The predicted molar refractivity (Wildman–Crippen MR) is 82.4 cm³/mol. The largest absolute Gasteiger partial charge is 0.439 e. The fraction of sp³-hybridized carbons (Fsp3) is 0.333. The third-order valence-corrected chi connectivity index (χ3v) is 3.59. The molecule has 1 atom stereocenters. The van der Waals surface area contributed by atoms with Crippen molar-refractivity contribution in [3.05, 3.63) is 53.8 Å². The first-order valence-corrected chi connectivity index (χ1v) is 7.71. The third-order valence-electron chi connectivity index (χ3n) is 3.59. The summed E-state index contributed by atoms with van der Waals surface area (Å²) in [6.07, 6.45) is -13.8. The van der Waals surface area contributed by atoms with Crippen molar-refractivity contribution in [2.45, 2.75) is 38.2 Å². The summed E-state index contributed by atoms with van der Waals surface area (Å²) in [5.74, 6) is -2.50. The second-order valence-corrected chi connectivity index (χ2v) is 5.66. The Hall–Kier alpha value is -2.25. The van der Waals surface area contributed by atoms with Crippen molar-refractivity contribution >= 4 is 0 Å². The van der Waals surface area contributed by atoms with Gasteiger partial charge in [-0.2, -0.15) is 22.0 Å². The third kappa shape index (κ3) is 4.68. The van der Waals surface area contributed by atoms with Gasteiger partial charge in [-0.25, -0.2) is 8.78 Å². The Labute approximate surface area is 145 Å². The van der Waals surface area contributed by atoms with Crippen LogP contribution in [-0.2, 0) is 6.42 Å². The van der Waals surface area contributed by atoms with Crippen molar-refractivity contribution in [3.63, 3.8) is 0 Å². The molecule has 0 heterocycles. The summed E-state index contributed by atoms with van der Waals surface area (Å²) in [5, 5.41) is 0. The first-order chi connectivity index (χ1) is 12.0. The Balaban J connectivity index is 2.21. The van der Waals surface area contributed by atoms with E-state index in [0.29, 0.717) is 11.1 Å². The van der Waals surface area contributed by atoms with Gasteiger partial charge in [0.25, 0.3) is 6.17 Å². The molecule has 1 nitrogen and oxygen atoms in total. The number of halogens is 7. The van der Waals surface area contributed by atoms with Crippen LogP contribution in [0.3, 0.4) is 0 Å². The van der Waals surface area contributed by atoms with Crippen LogP contribution in [0.5, 0.6) is 5.75 Å². The molecule has 0 saturated heterocycles. The van der Waals surface area contributed by atoms with Gasteiger partial charge in [-0.1, -0.05) is 43.7 Å². The smallest absolute Gasteiger partial charge is 0.427 e. The fourth-order valence-electron chi connectivity index (χ4n) is 2.30. The fourth-order valence-corrected chi connectivity index (χ4v) is 2.30. The summed E-state index contributed by atoms with van der Waals surface area (Å²) >= 11 is 0. The Morgan fingerprint density at radius 2 is 1.50 bits per heavy atom. The molecule has 0 aliphatic heterocycles. The monoisotopic (exact) mass is 380 g/mol. The highest BCUT2D eigenvalue weighted by atomic mass is 19.4. The van der Waals surface area contributed by atoms with Crippen molar-refractivity contribution in [1.82, 2.24) is 0 Å². The zero-order valence-corrected chi connectivity index (χ0v) is 13.6. The van der Waals surface area contributed by atoms with Crippen molar-refractivity contribution in [2.75, 3.05) is 0 Å². The summed E-state index contributed by atoms with van der Waals surface area (Å²) < 4.78 is 93.2. The van der Waals surface area contributed by atoms with Crippen LogP contribution in [0.1, 0.15) is 18.9 Å². The molecule has 0 aliphatic carbocycles. The summed E-state index contributed by atoms with van der Waals surface area (Å²) in [6.45, 7) is 2.01. The summed E-state index contributed by atoms with van der Waals surface area (Å²) in [4.78, 5) is 0. The molecule has 1 unspecified atom stereocenters. The maximum Gasteiger partial charge on any atom is 0.439 e.